The van der Waals surface area contributed by atoms with E-state index in [0.717, 1.165) is 19.3 Å². The van der Waals surface area contributed by atoms with Gasteiger partial charge in [-0.25, -0.2) is 9.97 Å². The molecule has 0 fully saturated rings. The van der Waals surface area contributed by atoms with E-state index in [9.17, 15) is 9.59 Å². The minimum atomic E-state index is -0.767. The van der Waals surface area contributed by atoms with Crippen LogP contribution >= 0.6 is 0 Å². The van der Waals surface area contributed by atoms with Crippen molar-refractivity contribution >= 4 is 11.9 Å². The first-order valence-electron chi connectivity index (χ1n) is 6.88. The predicted octanol–water partition coefficient (Wildman–Crippen LogP) is 1.88. The number of amides is 1. The van der Waals surface area contributed by atoms with Gasteiger partial charge in [-0.05, 0) is 18.8 Å². The Hall–Kier alpha value is -1.98. The third kappa shape index (κ3) is 6.26. The highest BCUT2D eigenvalue weighted by Crippen LogP contribution is 2.17. The van der Waals surface area contributed by atoms with Crippen LogP contribution in [0.4, 0.5) is 0 Å². The second kappa shape index (κ2) is 9.01. The average Bonchev–Trinajstić information content (AvgIpc) is 2.45. The number of rotatable bonds is 9. The average molecular weight is 279 g/mol. The Labute approximate surface area is 118 Å². The van der Waals surface area contributed by atoms with Crippen molar-refractivity contribution < 1.29 is 14.7 Å². The number of carbonyl (C=O) groups is 2. The molecule has 6 nitrogen and oxygen atoms in total. The summed E-state index contributed by atoms with van der Waals surface area (Å²) in [4.78, 5) is 29.9. The predicted molar refractivity (Wildman–Crippen MR) is 74.3 cm³/mol. The molecule has 1 aromatic rings. The third-order valence-electron chi connectivity index (χ3n) is 3.12. The molecule has 1 atom stereocenters. The zero-order chi connectivity index (χ0) is 14.8. The summed E-state index contributed by atoms with van der Waals surface area (Å²) in [7, 11) is 0. The molecule has 1 unspecified atom stereocenters. The molecule has 0 aromatic carbocycles. The van der Waals surface area contributed by atoms with Gasteiger partial charge in [0.2, 0.25) is 0 Å². The van der Waals surface area contributed by atoms with E-state index in [1.807, 2.05) is 0 Å². The van der Waals surface area contributed by atoms with Crippen LogP contribution in [0, 0.1) is 5.92 Å². The molecule has 20 heavy (non-hydrogen) atoms. The van der Waals surface area contributed by atoms with Crippen LogP contribution in [0.5, 0.6) is 0 Å². The number of carboxylic acids is 1. The Kier molecular flexibility index (Phi) is 7.24. The molecule has 0 bridgehead atoms. The number of carboxylic acid groups (broad SMARTS) is 1. The highest BCUT2D eigenvalue weighted by molar-refractivity contribution is 5.93. The van der Waals surface area contributed by atoms with E-state index in [2.05, 4.69) is 22.2 Å². The van der Waals surface area contributed by atoms with Crippen LogP contribution in [0.2, 0.25) is 0 Å². The summed E-state index contributed by atoms with van der Waals surface area (Å²) >= 11 is 0. The summed E-state index contributed by atoms with van der Waals surface area (Å²) < 4.78 is 0. The smallest absolute Gasteiger partial charge is 0.303 e. The molecule has 0 aliphatic rings. The van der Waals surface area contributed by atoms with Crippen molar-refractivity contribution in [1.82, 2.24) is 15.3 Å². The second-order valence-electron chi connectivity index (χ2n) is 4.76. The number of aliphatic carboxylic acids is 1. The zero-order valence-corrected chi connectivity index (χ0v) is 11.7. The SMILES string of the molecule is CCCC(CCNC(=O)c1cncnc1)CCC(=O)O. The van der Waals surface area contributed by atoms with Gasteiger partial charge in [0.15, 0.2) is 0 Å². The van der Waals surface area contributed by atoms with E-state index in [4.69, 9.17) is 5.11 Å². The summed E-state index contributed by atoms with van der Waals surface area (Å²) in [5, 5.41) is 11.5. The van der Waals surface area contributed by atoms with Crippen LogP contribution in [0.25, 0.3) is 0 Å². The lowest BCUT2D eigenvalue weighted by Crippen LogP contribution is -2.26. The lowest BCUT2D eigenvalue weighted by molar-refractivity contribution is -0.137. The van der Waals surface area contributed by atoms with E-state index in [0.29, 0.717) is 24.4 Å². The van der Waals surface area contributed by atoms with Crippen molar-refractivity contribution in [3.8, 4) is 0 Å². The van der Waals surface area contributed by atoms with E-state index < -0.39 is 5.97 Å². The van der Waals surface area contributed by atoms with Crippen molar-refractivity contribution in [3.63, 3.8) is 0 Å². The molecule has 0 spiro atoms. The van der Waals surface area contributed by atoms with E-state index >= 15 is 0 Å². The van der Waals surface area contributed by atoms with Gasteiger partial charge >= 0.3 is 5.97 Å². The molecule has 110 valence electrons. The van der Waals surface area contributed by atoms with E-state index in [-0.39, 0.29) is 12.3 Å². The maximum absolute atomic E-state index is 11.8. The number of nitrogens with zero attached hydrogens (tertiary/aromatic N) is 2. The Bertz CT molecular complexity index is 423. The summed E-state index contributed by atoms with van der Waals surface area (Å²) in [6.45, 7) is 2.62. The second-order valence-corrected chi connectivity index (χ2v) is 4.76. The third-order valence-corrected chi connectivity index (χ3v) is 3.12. The summed E-state index contributed by atoms with van der Waals surface area (Å²) in [5.41, 5.74) is 0.435. The van der Waals surface area contributed by atoms with Gasteiger partial charge in [-0.3, -0.25) is 9.59 Å². The first-order chi connectivity index (χ1) is 9.63. The summed E-state index contributed by atoms with van der Waals surface area (Å²) in [6.07, 6.45) is 7.95. The lowest BCUT2D eigenvalue weighted by Gasteiger charge is -2.15. The normalized spacial score (nSPS) is 11.8. The van der Waals surface area contributed by atoms with Crippen LogP contribution in [0.1, 0.15) is 49.4 Å². The van der Waals surface area contributed by atoms with Crippen LogP contribution in [-0.2, 0) is 4.79 Å². The van der Waals surface area contributed by atoms with Crippen LogP contribution < -0.4 is 5.32 Å². The fourth-order valence-corrected chi connectivity index (χ4v) is 2.08. The highest BCUT2D eigenvalue weighted by atomic mass is 16.4. The van der Waals surface area contributed by atoms with Gasteiger partial charge in [-0.15, -0.1) is 0 Å². The van der Waals surface area contributed by atoms with Crippen molar-refractivity contribution in [2.45, 2.75) is 39.0 Å². The minimum absolute atomic E-state index is 0.186. The van der Waals surface area contributed by atoms with Gasteiger partial charge in [-0.1, -0.05) is 19.8 Å². The fourth-order valence-electron chi connectivity index (χ4n) is 2.08. The molecule has 1 aromatic heterocycles. The van der Waals surface area contributed by atoms with Crippen LogP contribution in [-0.4, -0.2) is 33.5 Å². The number of hydrogen-bond acceptors (Lipinski definition) is 4. The Morgan fingerprint density at radius 3 is 2.55 bits per heavy atom. The molecular weight excluding hydrogens is 258 g/mol. The van der Waals surface area contributed by atoms with Crippen molar-refractivity contribution in [2.75, 3.05) is 6.54 Å². The molecule has 0 saturated carbocycles. The lowest BCUT2D eigenvalue weighted by atomic mass is 9.94. The van der Waals surface area contributed by atoms with Gasteiger partial charge < -0.3 is 10.4 Å². The Morgan fingerprint density at radius 2 is 1.95 bits per heavy atom. The number of hydrogen-bond donors (Lipinski definition) is 2. The summed E-state index contributed by atoms with van der Waals surface area (Å²) in [5.74, 6) is -0.626. The van der Waals surface area contributed by atoms with E-state index in [1.54, 1.807) is 0 Å². The molecule has 2 N–H and O–H groups in total. The highest BCUT2D eigenvalue weighted by Gasteiger charge is 2.11. The van der Waals surface area contributed by atoms with Gasteiger partial charge in [0.25, 0.3) is 5.91 Å². The first kappa shape index (κ1) is 16.1. The van der Waals surface area contributed by atoms with Gasteiger partial charge in [0.05, 0.1) is 5.56 Å². The topological polar surface area (TPSA) is 92.2 Å². The maximum atomic E-state index is 11.8. The summed E-state index contributed by atoms with van der Waals surface area (Å²) in [6, 6.07) is 0. The Morgan fingerprint density at radius 1 is 1.25 bits per heavy atom. The van der Waals surface area contributed by atoms with Crippen molar-refractivity contribution in [3.05, 3.63) is 24.3 Å². The minimum Gasteiger partial charge on any atom is -0.481 e. The standard InChI is InChI=1S/C14H21N3O3/c1-2-3-11(4-5-13(18)19)6-7-17-14(20)12-8-15-10-16-9-12/h8-11H,2-7H2,1H3,(H,17,20)(H,18,19). The molecular formula is C14H21N3O3. The quantitative estimate of drug-likeness (QED) is 0.720. The zero-order valence-electron chi connectivity index (χ0n) is 11.7. The molecule has 0 saturated heterocycles. The van der Waals surface area contributed by atoms with Gasteiger partial charge in [0, 0.05) is 25.4 Å². The number of nitrogens with one attached hydrogen (secondary N) is 1. The number of aromatic nitrogens is 2. The molecule has 1 rings (SSSR count). The molecule has 1 amide bonds. The van der Waals surface area contributed by atoms with E-state index in [1.165, 1.54) is 18.7 Å². The molecule has 1 heterocycles. The monoisotopic (exact) mass is 279 g/mol. The van der Waals surface area contributed by atoms with Crippen molar-refractivity contribution in [2.24, 2.45) is 5.92 Å². The maximum Gasteiger partial charge on any atom is 0.303 e. The molecule has 0 aliphatic heterocycles. The van der Waals surface area contributed by atoms with Crippen LogP contribution in [0.3, 0.4) is 0 Å². The van der Waals surface area contributed by atoms with Gasteiger partial charge in [0.1, 0.15) is 6.33 Å². The van der Waals surface area contributed by atoms with Gasteiger partial charge in [-0.2, -0.15) is 0 Å². The fraction of sp³-hybridized carbons (Fsp3) is 0.571. The largest absolute Gasteiger partial charge is 0.481 e. The molecule has 0 radical (unpaired) electrons. The van der Waals surface area contributed by atoms with Crippen LogP contribution in [0.15, 0.2) is 18.7 Å². The molecule has 6 heteroatoms. The first-order valence-corrected chi connectivity index (χ1v) is 6.88. The molecule has 0 aliphatic carbocycles. The Balaban J connectivity index is 2.32. The van der Waals surface area contributed by atoms with Crippen molar-refractivity contribution in [1.29, 1.82) is 0 Å². The number of carbonyl (C=O) groups excluding carboxylic acids is 1.